The summed E-state index contributed by atoms with van der Waals surface area (Å²) in [5, 5.41) is 4.39. The van der Waals surface area contributed by atoms with Crippen LogP contribution in [0.15, 0.2) is 17.8 Å². The van der Waals surface area contributed by atoms with E-state index in [-0.39, 0.29) is 5.41 Å². The fourth-order valence-corrected chi connectivity index (χ4v) is 8.00. The largest absolute Gasteiger partial charge is 0.294 e. The number of hydrogen-bond donors (Lipinski definition) is 0. The van der Waals surface area contributed by atoms with Gasteiger partial charge in [0.05, 0.1) is 5.69 Å². The molecule has 4 aliphatic rings. The lowest BCUT2D eigenvalue weighted by atomic mass is 9.45. The van der Waals surface area contributed by atoms with Gasteiger partial charge in [0, 0.05) is 18.2 Å². The minimum absolute atomic E-state index is 0.123. The SMILES string of the molecule is CCn1nccc1/C=C1/C[C@H]2[C@@H]3CC[C@@H]4CCCC[C@]4(C)[C@H]3CC[C@]2(C)C1=O. The topological polar surface area (TPSA) is 34.9 Å². The number of aromatic nitrogens is 2. The highest BCUT2D eigenvalue weighted by molar-refractivity contribution is 6.05. The van der Waals surface area contributed by atoms with Crippen LogP contribution in [0.5, 0.6) is 0 Å². The summed E-state index contributed by atoms with van der Waals surface area (Å²) in [5.74, 6) is 3.54. The lowest BCUT2D eigenvalue weighted by Gasteiger charge is -2.59. The fraction of sp³-hybridized carbons (Fsp3) is 0.760. The van der Waals surface area contributed by atoms with E-state index >= 15 is 0 Å². The average Bonchev–Trinajstić information content (AvgIpc) is 3.24. The second-order valence-electron chi connectivity index (χ2n) is 10.6. The number of rotatable bonds is 2. The van der Waals surface area contributed by atoms with Gasteiger partial charge in [0.1, 0.15) is 0 Å². The van der Waals surface area contributed by atoms with E-state index in [9.17, 15) is 4.79 Å². The van der Waals surface area contributed by atoms with Gasteiger partial charge < -0.3 is 0 Å². The van der Waals surface area contributed by atoms with Crippen molar-refractivity contribution in [2.45, 2.75) is 85.1 Å². The van der Waals surface area contributed by atoms with Gasteiger partial charge in [0.15, 0.2) is 5.78 Å². The first-order valence-electron chi connectivity index (χ1n) is 11.7. The molecular weight excluding hydrogens is 344 g/mol. The Labute approximate surface area is 170 Å². The normalized spacial score (nSPS) is 44.2. The molecule has 0 aliphatic heterocycles. The van der Waals surface area contributed by atoms with Gasteiger partial charge in [-0.15, -0.1) is 0 Å². The predicted molar refractivity (Wildman–Crippen MR) is 113 cm³/mol. The van der Waals surface area contributed by atoms with Crippen LogP contribution in [-0.4, -0.2) is 15.6 Å². The van der Waals surface area contributed by atoms with Crippen LogP contribution in [0.4, 0.5) is 0 Å². The highest BCUT2D eigenvalue weighted by Gasteiger charge is 2.60. The van der Waals surface area contributed by atoms with Crippen molar-refractivity contribution in [3.8, 4) is 0 Å². The number of aryl methyl sites for hydroxylation is 1. The summed E-state index contributed by atoms with van der Waals surface area (Å²) in [6, 6.07) is 2.05. The second kappa shape index (κ2) is 6.57. The zero-order valence-corrected chi connectivity index (χ0v) is 17.9. The Balaban J connectivity index is 1.47. The Morgan fingerprint density at radius 3 is 2.82 bits per heavy atom. The van der Waals surface area contributed by atoms with Gasteiger partial charge >= 0.3 is 0 Å². The zero-order valence-electron chi connectivity index (χ0n) is 17.9. The molecule has 1 heterocycles. The number of ketones is 1. The molecule has 0 amide bonds. The summed E-state index contributed by atoms with van der Waals surface area (Å²) >= 11 is 0. The van der Waals surface area contributed by atoms with Crippen LogP contribution >= 0.6 is 0 Å². The molecule has 0 unspecified atom stereocenters. The van der Waals surface area contributed by atoms with Crippen molar-refractivity contribution in [1.29, 1.82) is 0 Å². The Kier molecular flexibility index (Phi) is 4.37. The summed E-state index contributed by atoms with van der Waals surface area (Å²) in [6.07, 6.45) is 15.9. The third kappa shape index (κ3) is 2.53. The number of carbonyl (C=O) groups excluding carboxylic acids is 1. The first-order valence-corrected chi connectivity index (χ1v) is 11.7. The fourth-order valence-electron chi connectivity index (χ4n) is 8.00. The molecule has 4 saturated carbocycles. The van der Waals surface area contributed by atoms with Gasteiger partial charge in [-0.1, -0.05) is 26.7 Å². The molecule has 0 saturated heterocycles. The summed E-state index contributed by atoms with van der Waals surface area (Å²) in [7, 11) is 0. The Hall–Kier alpha value is -1.38. The van der Waals surface area contributed by atoms with Crippen molar-refractivity contribution < 1.29 is 4.79 Å². The Bertz CT molecular complexity index is 807. The molecule has 4 fully saturated rings. The number of allylic oxidation sites excluding steroid dienone is 1. The third-order valence-electron chi connectivity index (χ3n) is 9.59. The molecular formula is C25H36N2O. The summed E-state index contributed by atoms with van der Waals surface area (Å²) < 4.78 is 2.00. The highest BCUT2D eigenvalue weighted by atomic mass is 16.1. The number of carbonyl (C=O) groups is 1. The summed E-state index contributed by atoms with van der Waals surface area (Å²) in [5.41, 5.74) is 2.58. The maximum Gasteiger partial charge on any atom is 0.165 e. The van der Waals surface area contributed by atoms with Crippen LogP contribution in [-0.2, 0) is 11.3 Å². The lowest BCUT2D eigenvalue weighted by Crippen LogP contribution is -2.52. The molecule has 6 atom stereocenters. The van der Waals surface area contributed by atoms with Crippen LogP contribution < -0.4 is 0 Å². The summed E-state index contributed by atoms with van der Waals surface area (Å²) in [4.78, 5) is 13.5. The smallest absolute Gasteiger partial charge is 0.165 e. The van der Waals surface area contributed by atoms with Crippen LogP contribution in [0.25, 0.3) is 6.08 Å². The lowest BCUT2D eigenvalue weighted by molar-refractivity contribution is -0.137. The molecule has 0 spiro atoms. The number of fused-ring (bicyclic) bond motifs is 5. The monoisotopic (exact) mass is 380 g/mol. The first-order chi connectivity index (χ1) is 13.5. The van der Waals surface area contributed by atoms with E-state index in [4.69, 9.17) is 0 Å². The third-order valence-corrected chi connectivity index (χ3v) is 9.59. The molecule has 1 aromatic heterocycles. The minimum atomic E-state index is -0.123. The molecule has 3 nitrogen and oxygen atoms in total. The maximum absolute atomic E-state index is 13.5. The number of hydrogen-bond acceptors (Lipinski definition) is 2. The molecule has 0 aromatic carbocycles. The standard InChI is InChI=1S/C25H36N2O/c1-4-27-19(11-14-26-27)15-17-16-22-20-9-8-18-7-5-6-12-24(18,2)21(20)10-13-25(22,3)23(17)28/h11,14-15,18,20-22H,4-10,12-13,16H2,1-3H3/b17-15-/t18-,20+,21-,22-,24-,25-/m0/s1. The van der Waals surface area contributed by atoms with Gasteiger partial charge in [-0.3, -0.25) is 9.48 Å². The van der Waals surface area contributed by atoms with Gasteiger partial charge in [-0.05, 0) is 98.7 Å². The molecule has 152 valence electrons. The van der Waals surface area contributed by atoms with Crippen molar-refractivity contribution in [3.63, 3.8) is 0 Å². The molecule has 4 aliphatic carbocycles. The van der Waals surface area contributed by atoms with E-state index in [0.717, 1.165) is 48.4 Å². The molecule has 28 heavy (non-hydrogen) atoms. The average molecular weight is 381 g/mol. The van der Waals surface area contributed by atoms with Crippen molar-refractivity contribution in [2.24, 2.45) is 34.5 Å². The van der Waals surface area contributed by atoms with E-state index in [1.807, 2.05) is 16.9 Å². The van der Waals surface area contributed by atoms with E-state index in [2.05, 4.69) is 31.9 Å². The van der Waals surface area contributed by atoms with Gasteiger partial charge in [-0.2, -0.15) is 5.10 Å². The van der Waals surface area contributed by atoms with Crippen molar-refractivity contribution in [2.75, 3.05) is 0 Å². The zero-order chi connectivity index (χ0) is 19.5. The van der Waals surface area contributed by atoms with E-state index < -0.39 is 0 Å². The molecule has 0 radical (unpaired) electrons. The van der Waals surface area contributed by atoms with Crippen molar-refractivity contribution in [3.05, 3.63) is 23.5 Å². The predicted octanol–water partition coefficient (Wildman–Crippen LogP) is 5.90. The molecule has 1 aromatic rings. The molecule has 0 N–H and O–H groups in total. The van der Waals surface area contributed by atoms with Gasteiger partial charge in [0.25, 0.3) is 0 Å². The van der Waals surface area contributed by atoms with Gasteiger partial charge in [-0.25, -0.2) is 0 Å². The van der Waals surface area contributed by atoms with E-state index in [1.165, 1.54) is 44.9 Å². The maximum atomic E-state index is 13.5. The highest BCUT2D eigenvalue weighted by Crippen LogP contribution is 2.66. The molecule has 5 rings (SSSR count). The van der Waals surface area contributed by atoms with E-state index in [0.29, 0.717) is 17.1 Å². The first kappa shape index (κ1) is 18.6. The number of nitrogens with zero attached hydrogens (tertiary/aromatic N) is 2. The van der Waals surface area contributed by atoms with Gasteiger partial charge in [0.2, 0.25) is 0 Å². The second-order valence-corrected chi connectivity index (χ2v) is 10.6. The summed E-state index contributed by atoms with van der Waals surface area (Å²) in [6.45, 7) is 7.87. The van der Waals surface area contributed by atoms with Crippen LogP contribution in [0.2, 0.25) is 0 Å². The van der Waals surface area contributed by atoms with Crippen LogP contribution in [0.3, 0.4) is 0 Å². The Morgan fingerprint density at radius 1 is 1.14 bits per heavy atom. The van der Waals surface area contributed by atoms with Crippen molar-refractivity contribution >= 4 is 11.9 Å². The Morgan fingerprint density at radius 2 is 2.00 bits per heavy atom. The molecule has 0 bridgehead atoms. The van der Waals surface area contributed by atoms with E-state index in [1.54, 1.807) is 0 Å². The molecule has 3 heteroatoms. The minimum Gasteiger partial charge on any atom is -0.294 e. The quantitative estimate of drug-likeness (QED) is 0.599. The van der Waals surface area contributed by atoms with Crippen LogP contribution in [0.1, 0.15) is 84.3 Å². The van der Waals surface area contributed by atoms with Crippen molar-refractivity contribution in [1.82, 2.24) is 9.78 Å². The van der Waals surface area contributed by atoms with Crippen LogP contribution in [0, 0.1) is 34.5 Å². The number of Topliss-reactive ketones (excluding diaryl/α,β-unsaturated/α-hetero) is 1.